The first kappa shape index (κ1) is 19.9. The van der Waals surface area contributed by atoms with Crippen molar-refractivity contribution in [2.24, 2.45) is 0 Å². The Morgan fingerprint density at radius 3 is 2.50 bits per heavy atom. The Balaban J connectivity index is 1.49. The normalized spacial score (nSPS) is 14.4. The molecule has 2 aromatic heterocycles. The van der Waals surface area contributed by atoms with E-state index in [-0.39, 0.29) is 5.91 Å². The van der Waals surface area contributed by atoms with E-state index in [1.165, 1.54) is 0 Å². The molecule has 5 rings (SSSR count). The highest BCUT2D eigenvalue weighted by Crippen LogP contribution is 2.25. The van der Waals surface area contributed by atoms with Crippen LogP contribution in [0.5, 0.6) is 0 Å². The number of piperazine rings is 1. The Labute approximate surface area is 186 Å². The maximum Gasteiger partial charge on any atom is 0.253 e. The van der Waals surface area contributed by atoms with Crippen LogP contribution in [0.3, 0.4) is 0 Å². The number of pyridine rings is 1. The van der Waals surface area contributed by atoms with Gasteiger partial charge in [0.05, 0.1) is 11.6 Å². The van der Waals surface area contributed by atoms with E-state index in [2.05, 4.69) is 28.2 Å². The molecule has 0 unspecified atom stereocenters. The van der Waals surface area contributed by atoms with Crippen molar-refractivity contribution in [2.45, 2.75) is 0 Å². The summed E-state index contributed by atoms with van der Waals surface area (Å²) in [6.45, 7) is 3.28. The molecule has 0 radical (unpaired) electrons. The lowest BCUT2D eigenvalue weighted by Crippen LogP contribution is -2.47. The van der Waals surface area contributed by atoms with E-state index in [1.54, 1.807) is 12.1 Å². The quantitative estimate of drug-likeness (QED) is 0.506. The molecule has 1 fully saturated rings. The van der Waals surface area contributed by atoms with Gasteiger partial charge in [-0.2, -0.15) is 5.26 Å². The number of fused-ring (bicyclic) bond motifs is 1. The van der Waals surface area contributed by atoms with Crippen molar-refractivity contribution in [1.82, 2.24) is 24.4 Å². The summed E-state index contributed by atoms with van der Waals surface area (Å²) in [6, 6.07) is 21.1. The Hall–Kier alpha value is -4.02. The van der Waals surface area contributed by atoms with E-state index in [9.17, 15) is 10.1 Å². The molecular formula is C25H22N6O. The zero-order valence-electron chi connectivity index (χ0n) is 17.8. The monoisotopic (exact) mass is 422 g/mol. The van der Waals surface area contributed by atoms with Crippen molar-refractivity contribution in [2.75, 3.05) is 33.2 Å². The fourth-order valence-electron chi connectivity index (χ4n) is 4.01. The Morgan fingerprint density at radius 1 is 0.906 bits per heavy atom. The lowest BCUT2D eigenvalue weighted by Gasteiger charge is -2.32. The molecule has 0 N–H and O–H groups in total. The lowest BCUT2D eigenvalue weighted by atomic mass is 10.0. The largest absolute Gasteiger partial charge is 0.336 e. The molecule has 3 heterocycles. The molecule has 1 amide bonds. The molecule has 7 nitrogen and oxygen atoms in total. The summed E-state index contributed by atoms with van der Waals surface area (Å²) in [7, 11) is 2.08. The van der Waals surface area contributed by atoms with Crippen molar-refractivity contribution in [3.05, 3.63) is 78.0 Å². The van der Waals surface area contributed by atoms with Crippen LogP contribution in [0, 0.1) is 11.3 Å². The maximum atomic E-state index is 13.0. The number of hydrogen-bond acceptors (Lipinski definition) is 5. The van der Waals surface area contributed by atoms with Crippen molar-refractivity contribution < 1.29 is 4.79 Å². The highest BCUT2D eigenvalue weighted by molar-refractivity contribution is 5.95. The molecule has 0 atom stereocenters. The highest BCUT2D eigenvalue weighted by atomic mass is 16.2. The van der Waals surface area contributed by atoms with Crippen LogP contribution in [0.1, 0.15) is 15.9 Å². The molecule has 1 saturated heterocycles. The number of nitriles is 1. The summed E-state index contributed by atoms with van der Waals surface area (Å²) >= 11 is 0. The number of benzene rings is 2. The molecule has 2 aromatic carbocycles. The van der Waals surface area contributed by atoms with Crippen LogP contribution in [-0.2, 0) is 0 Å². The van der Waals surface area contributed by atoms with Gasteiger partial charge in [0.2, 0.25) is 0 Å². The Kier molecular flexibility index (Phi) is 5.13. The van der Waals surface area contributed by atoms with E-state index in [0.29, 0.717) is 17.0 Å². The van der Waals surface area contributed by atoms with Gasteiger partial charge in [-0.05, 0) is 54.6 Å². The third kappa shape index (κ3) is 3.72. The minimum absolute atomic E-state index is 0.0688. The summed E-state index contributed by atoms with van der Waals surface area (Å²) in [6.07, 6.45) is 1.98. The molecule has 1 aliphatic rings. The molecule has 158 valence electrons. The van der Waals surface area contributed by atoms with Crippen LogP contribution in [0.4, 0.5) is 0 Å². The van der Waals surface area contributed by atoms with Gasteiger partial charge in [0.15, 0.2) is 11.5 Å². The fourth-order valence-corrected chi connectivity index (χ4v) is 4.01. The average molecular weight is 422 g/mol. The van der Waals surface area contributed by atoms with Gasteiger partial charge in [0.1, 0.15) is 0 Å². The maximum absolute atomic E-state index is 13.0. The van der Waals surface area contributed by atoms with Gasteiger partial charge in [-0.25, -0.2) is 0 Å². The molecule has 0 bridgehead atoms. The Bertz CT molecular complexity index is 1340. The minimum atomic E-state index is 0.0688. The van der Waals surface area contributed by atoms with E-state index in [0.717, 1.165) is 48.5 Å². The van der Waals surface area contributed by atoms with Crippen molar-refractivity contribution >= 4 is 11.6 Å². The number of amides is 1. The molecule has 0 spiro atoms. The van der Waals surface area contributed by atoms with E-state index < -0.39 is 0 Å². The van der Waals surface area contributed by atoms with Gasteiger partial charge in [0.25, 0.3) is 5.91 Å². The number of carbonyl (C=O) groups excluding carboxylic acids is 1. The zero-order chi connectivity index (χ0) is 22.1. The van der Waals surface area contributed by atoms with Crippen LogP contribution in [0.2, 0.25) is 0 Å². The van der Waals surface area contributed by atoms with Gasteiger partial charge in [-0.15, -0.1) is 10.2 Å². The van der Waals surface area contributed by atoms with E-state index in [4.69, 9.17) is 0 Å². The first-order chi connectivity index (χ1) is 15.6. The molecule has 0 saturated carbocycles. The number of likely N-dealkylation sites (N-methyl/N-ethyl adjacent to an activating group) is 1. The summed E-state index contributed by atoms with van der Waals surface area (Å²) in [5.41, 5.74) is 4.73. The molecule has 7 heteroatoms. The molecule has 4 aromatic rings. The summed E-state index contributed by atoms with van der Waals surface area (Å²) in [4.78, 5) is 17.2. The predicted molar refractivity (Wildman–Crippen MR) is 122 cm³/mol. The zero-order valence-corrected chi connectivity index (χ0v) is 17.8. The van der Waals surface area contributed by atoms with Gasteiger partial charge in [-0.1, -0.05) is 24.3 Å². The van der Waals surface area contributed by atoms with Crippen LogP contribution in [-0.4, -0.2) is 63.5 Å². The predicted octanol–water partition coefficient (Wildman–Crippen LogP) is 3.32. The van der Waals surface area contributed by atoms with E-state index >= 15 is 0 Å². The van der Waals surface area contributed by atoms with Crippen LogP contribution >= 0.6 is 0 Å². The van der Waals surface area contributed by atoms with Gasteiger partial charge < -0.3 is 9.80 Å². The van der Waals surface area contributed by atoms with Gasteiger partial charge >= 0.3 is 0 Å². The van der Waals surface area contributed by atoms with Crippen molar-refractivity contribution in [3.8, 4) is 28.6 Å². The van der Waals surface area contributed by atoms with Gasteiger partial charge in [-0.3, -0.25) is 9.20 Å². The second-order valence-electron chi connectivity index (χ2n) is 8.04. The first-order valence-electron chi connectivity index (χ1n) is 10.6. The highest BCUT2D eigenvalue weighted by Gasteiger charge is 2.20. The van der Waals surface area contributed by atoms with E-state index in [1.807, 2.05) is 64.0 Å². The van der Waals surface area contributed by atoms with Crippen LogP contribution < -0.4 is 0 Å². The SMILES string of the molecule is CN1CCN(C(=O)c2cccc(-c3ccc4nnc(-c5cccc(C#N)c5)n4c3)c2)CC1. The second kappa shape index (κ2) is 8.25. The molecule has 1 aliphatic heterocycles. The number of aromatic nitrogens is 3. The number of rotatable bonds is 3. The standard InChI is InChI=1S/C25H22N6O/c1-29-10-12-30(13-11-29)25(32)21-7-3-5-19(15-21)22-8-9-23-27-28-24(31(23)17-22)20-6-2-4-18(14-20)16-26/h2-9,14-15,17H,10-13H2,1H3. The van der Waals surface area contributed by atoms with Crippen LogP contribution in [0.25, 0.3) is 28.2 Å². The topological polar surface area (TPSA) is 77.5 Å². The van der Waals surface area contributed by atoms with Crippen molar-refractivity contribution in [1.29, 1.82) is 5.26 Å². The number of carbonyl (C=O) groups is 1. The molecule has 32 heavy (non-hydrogen) atoms. The molecular weight excluding hydrogens is 400 g/mol. The minimum Gasteiger partial charge on any atom is -0.336 e. The average Bonchev–Trinajstić information content (AvgIpc) is 3.27. The fraction of sp³-hybridized carbons (Fsp3) is 0.200. The Morgan fingerprint density at radius 2 is 1.69 bits per heavy atom. The number of nitrogens with zero attached hydrogens (tertiary/aromatic N) is 6. The smallest absolute Gasteiger partial charge is 0.253 e. The number of hydrogen-bond donors (Lipinski definition) is 0. The third-order valence-corrected chi connectivity index (χ3v) is 5.89. The molecule has 0 aliphatic carbocycles. The summed E-state index contributed by atoms with van der Waals surface area (Å²) in [5, 5.41) is 17.8. The third-order valence-electron chi connectivity index (χ3n) is 5.89. The lowest BCUT2D eigenvalue weighted by molar-refractivity contribution is 0.0664. The second-order valence-corrected chi connectivity index (χ2v) is 8.04. The first-order valence-corrected chi connectivity index (χ1v) is 10.6. The summed E-state index contributed by atoms with van der Waals surface area (Å²) < 4.78 is 1.92. The van der Waals surface area contributed by atoms with Crippen LogP contribution in [0.15, 0.2) is 66.9 Å². The summed E-state index contributed by atoms with van der Waals surface area (Å²) in [5.74, 6) is 0.739. The van der Waals surface area contributed by atoms with Gasteiger partial charge in [0, 0.05) is 43.5 Å². The van der Waals surface area contributed by atoms with Crippen molar-refractivity contribution in [3.63, 3.8) is 0 Å².